The normalized spacial score (nSPS) is 20.0. The predicted molar refractivity (Wildman–Crippen MR) is 86.3 cm³/mol. The van der Waals surface area contributed by atoms with Gasteiger partial charge in [-0.25, -0.2) is 13.1 Å². The van der Waals surface area contributed by atoms with Crippen molar-refractivity contribution < 1.29 is 31.2 Å². The summed E-state index contributed by atoms with van der Waals surface area (Å²) in [6, 6.07) is 0. The summed E-state index contributed by atoms with van der Waals surface area (Å²) in [4.78, 5) is 5.03. The Labute approximate surface area is 149 Å². The van der Waals surface area contributed by atoms with Crippen LogP contribution in [0.25, 0.3) is 0 Å². The van der Waals surface area contributed by atoms with Gasteiger partial charge in [0.2, 0.25) is 5.88 Å². The highest BCUT2D eigenvalue weighted by atomic mass is 32.2. The molecule has 7 nitrogen and oxygen atoms in total. The zero-order chi connectivity index (χ0) is 19.3. The molecule has 146 valence electrons. The van der Waals surface area contributed by atoms with Crippen LogP contribution in [0.1, 0.15) is 44.4 Å². The highest BCUT2D eigenvalue weighted by Crippen LogP contribution is 2.38. The first kappa shape index (κ1) is 19.0. The summed E-state index contributed by atoms with van der Waals surface area (Å²) in [5.74, 6) is -0.780. The lowest BCUT2D eigenvalue weighted by atomic mass is 10.1. The van der Waals surface area contributed by atoms with E-state index in [-0.39, 0.29) is 29.9 Å². The highest BCUT2D eigenvalue weighted by molar-refractivity contribution is 8.05. The second kappa shape index (κ2) is 6.14. The molecule has 1 aromatic rings. The van der Waals surface area contributed by atoms with Crippen LogP contribution in [0.4, 0.5) is 13.2 Å². The fourth-order valence-electron chi connectivity index (χ4n) is 2.62. The van der Waals surface area contributed by atoms with Gasteiger partial charge in [0.05, 0.1) is 17.9 Å². The van der Waals surface area contributed by atoms with E-state index < -0.39 is 38.6 Å². The molecular weight excluding hydrogens is 375 g/mol. The van der Waals surface area contributed by atoms with Crippen molar-refractivity contribution in [1.82, 2.24) is 9.78 Å². The van der Waals surface area contributed by atoms with E-state index in [4.69, 9.17) is 9.57 Å². The molecule has 0 bridgehead atoms. The van der Waals surface area contributed by atoms with E-state index in [0.717, 1.165) is 17.5 Å². The van der Waals surface area contributed by atoms with E-state index in [1.165, 1.54) is 7.05 Å². The second-order valence-corrected chi connectivity index (χ2v) is 9.27. The number of hydrogen-bond acceptors (Lipinski definition) is 6. The lowest BCUT2D eigenvalue weighted by Gasteiger charge is -2.13. The average Bonchev–Trinajstić information content (AvgIpc) is 3.16. The molecule has 1 saturated carbocycles. The quantitative estimate of drug-likeness (QED) is 0.766. The molecule has 0 spiro atoms. The van der Waals surface area contributed by atoms with Gasteiger partial charge in [-0.15, -0.1) is 0 Å². The van der Waals surface area contributed by atoms with Crippen molar-refractivity contribution in [3.8, 4) is 5.88 Å². The first-order chi connectivity index (χ1) is 11.9. The molecular formula is C15H20F3N3O4S. The van der Waals surface area contributed by atoms with Crippen LogP contribution >= 0.6 is 0 Å². The average molecular weight is 395 g/mol. The Kier molecular flexibility index (Phi) is 4.48. The van der Waals surface area contributed by atoms with E-state index in [9.17, 15) is 21.6 Å². The van der Waals surface area contributed by atoms with Crippen molar-refractivity contribution in [2.75, 3.05) is 6.61 Å². The molecule has 26 heavy (non-hydrogen) atoms. The number of rotatable bonds is 5. The van der Waals surface area contributed by atoms with Crippen molar-refractivity contribution >= 4 is 14.9 Å². The lowest BCUT2D eigenvalue weighted by molar-refractivity contribution is -0.141. The third-order valence-electron chi connectivity index (χ3n) is 4.17. The number of hydrogen-bond donors (Lipinski definition) is 0. The van der Waals surface area contributed by atoms with Crippen molar-refractivity contribution in [2.45, 2.75) is 50.6 Å². The van der Waals surface area contributed by atoms with Gasteiger partial charge in [0.1, 0.15) is 5.60 Å². The summed E-state index contributed by atoms with van der Waals surface area (Å²) in [7, 11) is -2.81. The van der Waals surface area contributed by atoms with Crippen LogP contribution in [-0.2, 0) is 33.7 Å². The lowest BCUT2D eigenvalue weighted by Crippen LogP contribution is -2.24. The van der Waals surface area contributed by atoms with Crippen molar-refractivity contribution in [1.29, 1.82) is 0 Å². The van der Waals surface area contributed by atoms with Crippen LogP contribution in [0.15, 0.2) is 5.16 Å². The van der Waals surface area contributed by atoms with Gasteiger partial charge < -0.3 is 9.57 Å². The van der Waals surface area contributed by atoms with Crippen LogP contribution in [0.2, 0.25) is 0 Å². The Morgan fingerprint density at radius 1 is 1.35 bits per heavy atom. The van der Waals surface area contributed by atoms with Crippen LogP contribution in [0.3, 0.4) is 0 Å². The summed E-state index contributed by atoms with van der Waals surface area (Å²) < 4.78 is 71.7. The van der Waals surface area contributed by atoms with E-state index in [1.54, 1.807) is 13.8 Å². The molecule has 0 aromatic carbocycles. The molecule has 0 radical (unpaired) electrons. The summed E-state index contributed by atoms with van der Waals surface area (Å²) >= 11 is 0. The van der Waals surface area contributed by atoms with Gasteiger partial charge >= 0.3 is 6.18 Å². The van der Waals surface area contributed by atoms with Crippen LogP contribution in [-0.4, -0.2) is 35.4 Å². The third-order valence-corrected chi connectivity index (χ3v) is 5.78. The molecule has 3 rings (SSSR count). The number of nitrogens with zero attached hydrogens (tertiary/aromatic N) is 3. The summed E-state index contributed by atoms with van der Waals surface area (Å²) in [6.07, 6.45) is -2.91. The standard InChI is InChI=1S/C15H20F3N3O4S/c1-14(2)6-11(20-25-14)26(22,23)8-10-12(15(16,17)18)19-21(3)13(10)24-7-9-4-5-9/h9H,4-8H2,1-3H3. The van der Waals surface area contributed by atoms with Crippen molar-refractivity contribution in [3.63, 3.8) is 0 Å². The number of aryl methyl sites for hydroxylation is 1. The topological polar surface area (TPSA) is 82.8 Å². The summed E-state index contributed by atoms with van der Waals surface area (Å²) in [5.41, 5.74) is -2.56. The molecule has 2 aliphatic rings. The van der Waals surface area contributed by atoms with Gasteiger partial charge in [0, 0.05) is 13.5 Å². The minimum Gasteiger partial charge on any atom is -0.477 e. The molecule has 1 aliphatic heterocycles. The maximum atomic E-state index is 13.3. The Morgan fingerprint density at radius 3 is 2.50 bits per heavy atom. The molecule has 0 saturated heterocycles. The van der Waals surface area contributed by atoms with Gasteiger partial charge in [-0.2, -0.15) is 18.3 Å². The number of halogens is 3. The monoisotopic (exact) mass is 395 g/mol. The highest BCUT2D eigenvalue weighted by Gasteiger charge is 2.43. The number of sulfone groups is 1. The summed E-state index contributed by atoms with van der Waals surface area (Å²) in [5, 5.41) is 6.73. The first-order valence-electron chi connectivity index (χ1n) is 8.13. The number of ether oxygens (including phenoxy) is 1. The fraction of sp³-hybridized carbons (Fsp3) is 0.733. The van der Waals surface area contributed by atoms with E-state index in [1.807, 2.05) is 0 Å². The predicted octanol–water partition coefficient (Wildman–Crippen LogP) is 2.65. The van der Waals surface area contributed by atoms with Crippen LogP contribution in [0, 0.1) is 5.92 Å². The second-order valence-electron chi connectivity index (χ2n) is 7.28. The van der Waals surface area contributed by atoms with Gasteiger partial charge in [0.25, 0.3) is 0 Å². The number of aromatic nitrogens is 2. The van der Waals surface area contributed by atoms with Crippen LogP contribution < -0.4 is 4.74 Å². The minimum absolute atomic E-state index is 0.00475. The Morgan fingerprint density at radius 2 is 2.00 bits per heavy atom. The summed E-state index contributed by atoms with van der Waals surface area (Å²) in [6.45, 7) is 3.53. The molecule has 0 amide bonds. The maximum Gasteiger partial charge on any atom is 0.435 e. The van der Waals surface area contributed by atoms with Gasteiger partial charge in [-0.05, 0) is 32.6 Å². The zero-order valence-electron chi connectivity index (χ0n) is 14.6. The Balaban J connectivity index is 1.94. The molecule has 0 N–H and O–H groups in total. The maximum absolute atomic E-state index is 13.3. The Hall–Kier alpha value is -1.78. The number of oxime groups is 1. The Bertz CT molecular complexity index is 839. The van der Waals surface area contributed by atoms with Gasteiger partial charge in [-0.3, -0.25) is 0 Å². The molecule has 0 unspecified atom stereocenters. The molecule has 2 heterocycles. The molecule has 1 fully saturated rings. The number of alkyl halides is 3. The molecule has 1 aliphatic carbocycles. The van der Waals surface area contributed by atoms with Gasteiger partial charge in [-0.1, -0.05) is 5.16 Å². The van der Waals surface area contributed by atoms with E-state index in [2.05, 4.69) is 10.3 Å². The molecule has 1 aromatic heterocycles. The van der Waals surface area contributed by atoms with Crippen LogP contribution in [0.5, 0.6) is 5.88 Å². The third kappa shape index (κ3) is 3.97. The molecule has 0 atom stereocenters. The fourth-order valence-corrected chi connectivity index (χ4v) is 4.14. The first-order valence-corrected chi connectivity index (χ1v) is 9.78. The minimum atomic E-state index is -4.79. The zero-order valence-corrected chi connectivity index (χ0v) is 15.4. The van der Waals surface area contributed by atoms with Crippen molar-refractivity contribution in [2.24, 2.45) is 18.1 Å². The van der Waals surface area contributed by atoms with E-state index in [0.29, 0.717) is 0 Å². The van der Waals surface area contributed by atoms with Gasteiger partial charge in [0.15, 0.2) is 20.6 Å². The SMILES string of the molecule is Cn1nc(C(F)(F)F)c(CS(=O)(=O)C2=NOC(C)(C)C2)c1OCC1CC1. The van der Waals surface area contributed by atoms with E-state index >= 15 is 0 Å². The largest absolute Gasteiger partial charge is 0.477 e. The molecule has 11 heteroatoms. The smallest absolute Gasteiger partial charge is 0.435 e. The van der Waals surface area contributed by atoms with Crippen molar-refractivity contribution in [3.05, 3.63) is 11.3 Å².